The van der Waals surface area contributed by atoms with Crippen LogP contribution in [0, 0.1) is 17.7 Å². The predicted molar refractivity (Wildman–Crippen MR) is 111 cm³/mol. The maximum atomic E-state index is 14.2. The molecule has 150 valence electrons. The Bertz CT molecular complexity index is 1090. The summed E-state index contributed by atoms with van der Waals surface area (Å²) in [6.45, 7) is 5.50. The minimum absolute atomic E-state index is 0.0970. The van der Waals surface area contributed by atoms with Crippen LogP contribution >= 0.6 is 0 Å². The third-order valence-electron chi connectivity index (χ3n) is 6.70. The normalized spacial score (nSPS) is 22.8. The molecule has 3 unspecified atom stereocenters. The molecule has 1 saturated heterocycles. The standard InChI is InChI=1S/C24H25FN2O2/c1-14(28)24(16-4-2-5-18(29)10-16)27-9-8-15-12-22-20(11-17(15)13-27)19-6-3-7-21(25)23(19)26-22/h2-7,10,15,17,24,26,28-29H,1,8-9,11-13H2. The van der Waals surface area contributed by atoms with Gasteiger partial charge in [0.1, 0.15) is 17.3 Å². The first-order valence-corrected chi connectivity index (χ1v) is 10.2. The molecule has 0 radical (unpaired) electrons. The van der Waals surface area contributed by atoms with Crippen LogP contribution in [-0.4, -0.2) is 33.2 Å². The summed E-state index contributed by atoms with van der Waals surface area (Å²) >= 11 is 0. The Morgan fingerprint density at radius 1 is 1.17 bits per heavy atom. The van der Waals surface area contributed by atoms with E-state index in [1.807, 2.05) is 12.1 Å². The van der Waals surface area contributed by atoms with E-state index in [9.17, 15) is 14.6 Å². The SMILES string of the molecule is C=C(O)C(c1cccc(O)c1)N1CCC2Cc3[nH]c4c(F)cccc4c3CC2C1. The highest BCUT2D eigenvalue weighted by molar-refractivity contribution is 5.85. The molecule has 4 nitrogen and oxygen atoms in total. The van der Waals surface area contributed by atoms with Crippen molar-refractivity contribution in [2.75, 3.05) is 13.1 Å². The summed E-state index contributed by atoms with van der Waals surface area (Å²) < 4.78 is 14.2. The quantitative estimate of drug-likeness (QED) is 0.558. The lowest BCUT2D eigenvalue weighted by Gasteiger charge is -2.44. The first-order chi connectivity index (χ1) is 14.0. The van der Waals surface area contributed by atoms with Crippen molar-refractivity contribution in [1.29, 1.82) is 0 Å². The maximum Gasteiger partial charge on any atom is 0.147 e. The van der Waals surface area contributed by atoms with E-state index in [0.717, 1.165) is 43.3 Å². The zero-order chi connectivity index (χ0) is 20.1. The topological polar surface area (TPSA) is 59.5 Å². The fraction of sp³-hybridized carbons (Fsp3) is 0.333. The highest BCUT2D eigenvalue weighted by atomic mass is 19.1. The van der Waals surface area contributed by atoms with Crippen molar-refractivity contribution in [1.82, 2.24) is 9.88 Å². The molecule has 0 amide bonds. The minimum atomic E-state index is -0.329. The van der Waals surface area contributed by atoms with Gasteiger partial charge in [-0.05, 0) is 67.0 Å². The minimum Gasteiger partial charge on any atom is -0.511 e. The Labute approximate surface area is 169 Å². The van der Waals surface area contributed by atoms with Crippen molar-refractivity contribution in [2.24, 2.45) is 11.8 Å². The van der Waals surface area contributed by atoms with Crippen molar-refractivity contribution in [3.63, 3.8) is 0 Å². The number of aromatic hydroxyl groups is 1. The molecular weight excluding hydrogens is 367 g/mol. The number of nitrogens with one attached hydrogen (secondary N) is 1. The van der Waals surface area contributed by atoms with Crippen LogP contribution in [0.15, 0.2) is 54.8 Å². The number of phenols is 1. The number of fused-ring (bicyclic) bond motifs is 4. The molecule has 2 heterocycles. The molecule has 5 rings (SSSR count). The number of aromatic nitrogens is 1. The zero-order valence-electron chi connectivity index (χ0n) is 16.2. The average Bonchev–Trinajstić information content (AvgIpc) is 3.05. The lowest BCUT2D eigenvalue weighted by Crippen LogP contribution is -2.45. The molecule has 3 atom stereocenters. The summed E-state index contributed by atoms with van der Waals surface area (Å²) in [6.07, 6.45) is 2.87. The lowest BCUT2D eigenvalue weighted by molar-refractivity contribution is 0.0716. The number of para-hydroxylation sites is 1. The molecule has 1 fully saturated rings. The molecule has 0 spiro atoms. The van der Waals surface area contributed by atoms with Gasteiger partial charge in [-0.3, -0.25) is 4.90 Å². The second-order valence-corrected chi connectivity index (χ2v) is 8.45. The van der Waals surface area contributed by atoms with Gasteiger partial charge < -0.3 is 15.2 Å². The molecule has 0 bridgehead atoms. The number of halogens is 1. The van der Waals surface area contributed by atoms with Crippen molar-refractivity contribution in [3.8, 4) is 5.75 Å². The number of phenolic OH excluding ortho intramolecular Hbond substituents is 1. The third-order valence-corrected chi connectivity index (χ3v) is 6.70. The number of piperidine rings is 1. The van der Waals surface area contributed by atoms with E-state index in [0.29, 0.717) is 17.4 Å². The smallest absolute Gasteiger partial charge is 0.147 e. The van der Waals surface area contributed by atoms with Gasteiger partial charge in [-0.25, -0.2) is 4.39 Å². The van der Waals surface area contributed by atoms with Crippen LogP contribution < -0.4 is 0 Å². The van der Waals surface area contributed by atoms with E-state index < -0.39 is 0 Å². The molecular formula is C24H25FN2O2. The number of aliphatic hydroxyl groups is 1. The Hall–Kier alpha value is -2.79. The van der Waals surface area contributed by atoms with Crippen LogP contribution in [0.2, 0.25) is 0 Å². The summed E-state index contributed by atoms with van der Waals surface area (Å²) in [6, 6.07) is 12.0. The fourth-order valence-corrected chi connectivity index (χ4v) is 5.38. The molecule has 0 saturated carbocycles. The van der Waals surface area contributed by atoms with Crippen LogP contribution in [0.4, 0.5) is 4.39 Å². The largest absolute Gasteiger partial charge is 0.511 e. The summed E-state index contributed by atoms with van der Waals surface area (Å²) in [5.41, 5.74) is 3.88. The molecule has 1 aliphatic heterocycles. The fourth-order valence-electron chi connectivity index (χ4n) is 5.38. The van der Waals surface area contributed by atoms with Gasteiger partial charge in [0, 0.05) is 17.6 Å². The van der Waals surface area contributed by atoms with E-state index in [1.165, 1.54) is 17.3 Å². The van der Waals surface area contributed by atoms with Crippen molar-refractivity contribution < 1.29 is 14.6 Å². The highest BCUT2D eigenvalue weighted by Gasteiger charge is 2.38. The number of benzene rings is 2. The number of likely N-dealkylation sites (tertiary alicyclic amines) is 1. The first-order valence-electron chi connectivity index (χ1n) is 10.2. The maximum absolute atomic E-state index is 14.2. The molecule has 1 aromatic heterocycles. The first kappa shape index (κ1) is 18.3. The number of rotatable bonds is 3. The van der Waals surface area contributed by atoms with E-state index in [2.05, 4.69) is 16.5 Å². The molecule has 1 aliphatic carbocycles. The van der Waals surface area contributed by atoms with Gasteiger partial charge in [0.15, 0.2) is 0 Å². The van der Waals surface area contributed by atoms with Gasteiger partial charge in [-0.1, -0.05) is 30.8 Å². The number of aromatic amines is 1. The molecule has 29 heavy (non-hydrogen) atoms. The van der Waals surface area contributed by atoms with Crippen LogP contribution in [0.5, 0.6) is 5.75 Å². The summed E-state index contributed by atoms with van der Waals surface area (Å²) in [4.78, 5) is 5.59. The number of hydrogen-bond donors (Lipinski definition) is 3. The number of aliphatic hydroxyl groups excluding tert-OH is 1. The Kier molecular flexibility index (Phi) is 4.36. The average molecular weight is 392 g/mol. The van der Waals surface area contributed by atoms with E-state index in [4.69, 9.17) is 0 Å². The molecule has 5 heteroatoms. The Balaban J connectivity index is 1.44. The summed E-state index contributed by atoms with van der Waals surface area (Å²) in [5, 5.41) is 21.2. The Morgan fingerprint density at radius 3 is 2.79 bits per heavy atom. The van der Waals surface area contributed by atoms with Crippen LogP contribution in [0.3, 0.4) is 0 Å². The zero-order valence-corrected chi connectivity index (χ0v) is 16.2. The van der Waals surface area contributed by atoms with Gasteiger partial charge in [-0.15, -0.1) is 0 Å². The molecule has 3 N–H and O–H groups in total. The summed E-state index contributed by atoms with van der Waals surface area (Å²) in [7, 11) is 0. The molecule has 2 aliphatic rings. The monoisotopic (exact) mass is 392 g/mol. The summed E-state index contributed by atoms with van der Waals surface area (Å²) in [5.74, 6) is 1.08. The van der Waals surface area contributed by atoms with Crippen LogP contribution in [0.1, 0.15) is 29.3 Å². The van der Waals surface area contributed by atoms with Gasteiger partial charge >= 0.3 is 0 Å². The second kappa shape index (κ2) is 6.92. The molecule has 2 aromatic carbocycles. The third kappa shape index (κ3) is 3.10. The van der Waals surface area contributed by atoms with Gasteiger partial charge in [0.2, 0.25) is 0 Å². The Morgan fingerprint density at radius 2 is 2.00 bits per heavy atom. The van der Waals surface area contributed by atoms with E-state index >= 15 is 0 Å². The number of hydrogen-bond acceptors (Lipinski definition) is 3. The van der Waals surface area contributed by atoms with Crippen LogP contribution in [0.25, 0.3) is 10.9 Å². The number of nitrogens with zero attached hydrogens (tertiary/aromatic N) is 1. The highest BCUT2D eigenvalue weighted by Crippen LogP contribution is 2.41. The van der Waals surface area contributed by atoms with Gasteiger partial charge in [-0.2, -0.15) is 0 Å². The van der Waals surface area contributed by atoms with E-state index in [-0.39, 0.29) is 23.4 Å². The lowest BCUT2D eigenvalue weighted by atomic mass is 9.73. The van der Waals surface area contributed by atoms with Gasteiger partial charge in [0.25, 0.3) is 0 Å². The van der Waals surface area contributed by atoms with Crippen molar-refractivity contribution in [2.45, 2.75) is 25.3 Å². The predicted octanol–water partition coefficient (Wildman–Crippen LogP) is 4.86. The molecule has 3 aromatic rings. The van der Waals surface area contributed by atoms with Crippen molar-refractivity contribution >= 4 is 10.9 Å². The van der Waals surface area contributed by atoms with Gasteiger partial charge in [0.05, 0.1) is 11.6 Å². The van der Waals surface area contributed by atoms with E-state index in [1.54, 1.807) is 24.3 Å². The van der Waals surface area contributed by atoms with Crippen LogP contribution in [-0.2, 0) is 12.8 Å². The number of H-pyrrole nitrogens is 1. The second-order valence-electron chi connectivity index (χ2n) is 8.45. The van der Waals surface area contributed by atoms with Crippen molar-refractivity contribution in [3.05, 3.63) is 77.4 Å².